The summed E-state index contributed by atoms with van der Waals surface area (Å²) in [6.07, 6.45) is 1.28. The van der Waals surface area contributed by atoms with E-state index >= 15 is 0 Å². The molecule has 3 N–H and O–H groups in total. The van der Waals surface area contributed by atoms with Crippen LogP contribution in [0.3, 0.4) is 0 Å². The number of aryl methyl sites for hydroxylation is 1. The van der Waals surface area contributed by atoms with Gasteiger partial charge in [0.25, 0.3) is 5.56 Å². The highest BCUT2D eigenvalue weighted by molar-refractivity contribution is 7.93. The van der Waals surface area contributed by atoms with Gasteiger partial charge >= 0.3 is 0 Å². The molecule has 0 fully saturated rings. The van der Waals surface area contributed by atoms with Crippen molar-refractivity contribution in [1.82, 2.24) is 14.7 Å². The largest absolute Gasteiger partial charge is 0.493 e. The maximum absolute atomic E-state index is 12.6. The zero-order chi connectivity index (χ0) is 20.7. The van der Waals surface area contributed by atoms with Crippen LogP contribution in [0.2, 0.25) is 0 Å². The molecule has 0 amide bonds. The lowest BCUT2D eigenvalue weighted by molar-refractivity contribution is 0.318. The Morgan fingerprint density at radius 2 is 2.07 bits per heavy atom. The van der Waals surface area contributed by atoms with Crippen LogP contribution in [-0.4, -0.2) is 41.8 Å². The molecule has 1 heterocycles. The predicted molar refractivity (Wildman–Crippen MR) is 110 cm³/mol. The van der Waals surface area contributed by atoms with E-state index in [0.717, 1.165) is 6.42 Å². The van der Waals surface area contributed by atoms with Crippen LogP contribution < -0.4 is 15.0 Å². The summed E-state index contributed by atoms with van der Waals surface area (Å²) < 4.78 is 42.1. The first-order valence-electron chi connectivity index (χ1n) is 8.91. The first kappa shape index (κ1) is 22.4. The van der Waals surface area contributed by atoms with Gasteiger partial charge in [-0.2, -0.15) is 0 Å². The summed E-state index contributed by atoms with van der Waals surface area (Å²) in [5.41, 5.74) is 1.19. The van der Waals surface area contributed by atoms with Crippen LogP contribution in [0.25, 0.3) is 11.4 Å². The highest BCUT2D eigenvalue weighted by Crippen LogP contribution is 2.30. The Hall–Kier alpha value is -1.88. The van der Waals surface area contributed by atoms with E-state index in [1.165, 1.54) is 12.1 Å². The van der Waals surface area contributed by atoms with E-state index in [4.69, 9.17) is 9.29 Å². The average molecular weight is 428 g/mol. The molecule has 0 aliphatic heterocycles. The molecule has 0 radical (unpaired) electrons. The summed E-state index contributed by atoms with van der Waals surface area (Å²) in [6, 6.07) is 4.47. The van der Waals surface area contributed by atoms with Crippen molar-refractivity contribution in [1.29, 1.82) is 0 Å². The number of benzene rings is 1. The first-order valence-corrected chi connectivity index (χ1v) is 11.3. The van der Waals surface area contributed by atoms with Gasteiger partial charge in [-0.1, -0.05) is 6.92 Å². The number of H-pyrrole nitrogens is 1. The third-order valence-corrected chi connectivity index (χ3v) is 6.01. The van der Waals surface area contributed by atoms with Gasteiger partial charge in [-0.15, -0.1) is 0 Å². The lowest BCUT2D eigenvalue weighted by atomic mass is 10.1. The molecular weight excluding hydrogens is 402 g/mol. The molecule has 0 saturated heterocycles. The van der Waals surface area contributed by atoms with Gasteiger partial charge in [0.15, 0.2) is 0 Å². The van der Waals surface area contributed by atoms with Crippen molar-refractivity contribution in [3.63, 3.8) is 0 Å². The molecule has 2 rings (SSSR count). The smallest absolute Gasteiger partial charge is 0.254 e. The molecule has 0 saturated carbocycles. The van der Waals surface area contributed by atoms with Gasteiger partial charge in [0, 0.05) is 23.6 Å². The van der Waals surface area contributed by atoms with Gasteiger partial charge < -0.3 is 14.3 Å². The fourth-order valence-electron chi connectivity index (χ4n) is 2.40. The lowest BCUT2D eigenvalue weighted by Crippen LogP contribution is -2.25. The molecule has 0 aliphatic rings. The van der Waals surface area contributed by atoms with Crippen LogP contribution in [0.1, 0.15) is 31.0 Å². The molecular formula is C18H25N3O5S2. The number of hydrogen-bond acceptors (Lipinski definition) is 7. The summed E-state index contributed by atoms with van der Waals surface area (Å²) >= 11 is 0.668. The lowest BCUT2D eigenvalue weighted by Gasteiger charge is -2.14. The van der Waals surface area contributed by atoms with Gasteiger partial charge in [0.1, 0.15) is 11.6 Å². The number of aromatic amines is 1. The molecule has 0 unspecified atom stereocenters. The molecule has 10 heteroatoms. The Bertz CT molecular complexity index is 974. The standard InChI is InChI=1S/C18H25N3O5S2/c1-4-9-26-16-7-6-14(28(24,25)19-8-5-10-27-23)11-15(16)17-20-13(3)12(2)18(22)21-17/h6-7,11,19,23H,4-5,8-10H2,1-3H3,(H,20,21,22). The second-order valence-corrected chi connectivity index (χ2v) is 8.65. The van der Waals surface area contributed by atoms with Gasteiger partial charge in [-0.05, 0) is 56.9 Å². The van der Waals surface area contributed by atoms with E-state index in [0.29, 0.717) is 53.4 Å². The quantitative estimate of drug-likeness (QED) is 0.394. The summed E-state index contributed by atoms with van der Waals surface area (Å²) in [6.45, 7) is 6.02. The topological polar surface area (TPSA) is 121 Å². The SMILES string of the molecule is CCCOc1ccc(S(=O)(=O)NCCCSO)cc1-c1nc(C)c(C)c(=O)[nH]1. The van der Waals surface area contributed by atoms with E-state index in [9.17, 15) is 13.2 Å². The second-order valence-electron chi connectivity index (χ2n) is 6.22. The minimum Gasteiger partial charge on any atom is -0.493 e. The minimum atomic E-state index is -3.75. The van der Waals surface area contributed by atoms with E-state index in [-0.39, 0.29) is 22.8 Å². The first-order chi connectivity index (χ1) is 13.3. The molecule has 0 spiro atoms. The van der Waals surface area contributed by atoms with Crippen molar-refractivity contribution in [3.05, 3.63) is 39.8 Å². The van der Waals surface area contributed by atoms with E-state index in [2.05, 4.69) is 14.7 Å². The third kappa shape index (κ3) is 5.57. The fourth-order valence-corrected chi connectivity index (χ4v) is 3.77. The summed E-state index contributed by atoms with van der Waals surface area (Å²) in [5, 5.41) is 0. The minimum absolute atomic E-state index is 0.0453. The van der Waals surface area contributed by atoms with Crippen LogP contribution in [-0.2, 0) is 10.0 Å². The summed E-state index contributed by atoms with van der Waals surface area (Å²) in [4.78, 5) is 19.3. The normalized spacial score (nSPS) is 11.6. The monoisotopic (exact) mass is 427 g/mol. The summed E-state index contributed by atoms with van der Waals surface area (Å²) in [5.74, 6) is 1.14. The van der Waals surface area contributed by atoms with Crippen molar-refractivity contribution in [2.75, 3.05) is 18.9 Å². The maximum atomic E-state index is 12.6. The highest BCUT2D eigenvalue weighted by atomic mass is 32.2. The third-order valence-electron chi connectivity index (χ3n) is 4.08. The molecule has 0 aliphatic carbocycles. The number of ether oxygens (including phenoxy) is 1. The Labute approximate surface area is 169 Å². The van der Waals surface area contributed by atoms with Crippen molar-refractivity contribution in [2.45, 2.75) is 38.5 Å². The molecule has 1 aromatic carbocycles. The van der Waals surface area contributed by atoms with Crippen LogP contribution >= 0.6 is 12.0 Å². The van der Waals surface area contributed by atoms with Gasteiger partial charge in [0.2, 0.25) is 10.0 Å². The van der Waals surface area contributed by atoms with E-state index in [1.54, 1.807) is 19.9 Å². The molecule has 2 aromatic rings. The van der Waals surface area contributed by atoms with Crippen LogP contribution in [0.4, 0.5) is 0 Å². The number of sulfonamides is 1. The van der Waals surface area contributed by atoms with Gasteiger partial charge in [0.05, 0.1) is 17.1 Å². The Kier molecular flexibility index (Phi) is 8.05. The van der Waals surface area contributed by atoms with Crippen LogP contribution in [0.15, 0.2) is 27.9 Å². The highest BCUT2D eigenvalue weighted by Gasteiger charge is 2.19. The zero-order valence-electron chi connectivity index (χ0n) is 16.1. The zero-order valence-corrected chi connectivity index (χ0v) is 17.7. The van der Waals surface area contributed by atoms with Gasteiger partial charge in [-0.3, -0.25) is 4.79 Å². The number of hydrogen-bond donors (Lipinski definition) is 3. The van der Waals surface area contributed by atoms with Crippen molar-refractivity contribution in [2.24, 2.45) is 0 Å². The fraction of sp³-hybridized carbons (Fsp3) is 0.444. The molecule has 28 heavy (non-hydrogen) atoms. The summed E-state index contributed by atoms with van der Waals surface area (Å²) in [7, 11) is -3.75. The Balaban J connectivity index is 2.47. The average Bonchev–Trinajstić information content (AvgIpc) is 2.67. The number of aromatic nitrogens is 2. The molecule has 8 nitrogen and oxygen atoms in total. The number of rotatable bonds is 10. The predicted octanol–water partition coefficient (Wildman–Crippen LogP) is 2.72. The van der Waals surface area contributed by atoms with Crippen molar-refractivity contribution < 1.29 is 17.7 Å². The molecule has 0 bridgehead atoms. The van der Waals surface area contributed by atoms with E-state index < -0.39 is 10.0 Å². The Morgan fingerprint density at radius 3 is 2.71 bits per heavy atom. The molecule has 154 valence electrons. The van der Waals surface area contributed by atoms with Gasteiger partial charge in [-0.25, -0.2) is 18.1 Å². The van der Waals surface area contributed by atoms with Crippen molar-refractivity contribution in [3.8, 4) is 17.1 Å². The number of nitrogens with one attached hydrogen (secondary N) is 2. The van der Waals surface area contributed by atoms with Crippen LogP contribution in [0, 0.1) is 13.8 Å². The molecule has 1 aromatic heterocycles. The number of nitrogens with zero attached hydrogens (tertiary/aromatic N) is 1. The maximum Gasteiger partial charge on any atom is 0.254 e. The van der Waals surface area contributed by atoms with E-state index in [1.807, 2.05) is 6.92 Å². The van der Waals surface area contributed by atoms with Crippen LogP contribution in [0.5, 0.6) is 5.75 Å². The molecule has 0 atom stereocenters. The van der Waals surface area contributed by atoms with Crippen molar-refractivity contribution >= 4 is 22.1 Å². The Morgan fingerprint density at radius 1 is 1.32 bits per heavy atom. The second kappa shape index (κ2) is 10.1.